The maximum absolute atomic E-state index is 12.7. The van der Waals surface area contributed by atoms with Crippen molar-refractivity contribution >= 4 is 11.6 Å². The van der Waals surface area contributed by atoms with Gasteiger partial charge in [0.1, 0.15) is 6.07 Å². The van der Waals surface area contributed by atoms with Crippen molar-refractivity contribution in [2.75, 3.05) is 18.4 Å². The number of benzene rings is 1. The third-order valence-electron chi connectivity index (χ3n) is 4.35. The van der Waals surface area contributed by atoms with Gasteiger partial charge in [-0.05, 0) is 50.9 Å². The fourth-order valence-corrected chi connectivity index (χ4v) is 2.82. The first kappa shape index (κ1) is 14.5. The van der Waals surface area contributed by atoms with Crippen molar-refractivity contribution in [1.29, 1.82) is 5.26 Å². The molecule has 0 atom stereocenters. The Kier molecular flexibility index (Phi) is 4.41. The molecular weight excluding hydrogens is 250 g/mol. The third-order valence-corrected chi connectivity index (χ3v) is 4.35. The minimum atomic E-state index is -0.304. The molecule has 0 unspecified atom stereocenters. The molecular formula is C16H21N3O. The van der Waals surface area contributed by atoms with Gasteiger partial charge in [0.2, 0.25) is 5.91 Å². The first-order chi connectivity index (χ1) is 9.63. The monoisotopic (exact) mass is 271 g/mol. The second kappa shape index (κ2) is 6.06. The number of carbonyl (C=O) groups excluding carboxylic acids is 1. The van der Waals surface area contributed by atoms with E-state index >= 15 is 0 Å². The Morgan fingerprint density at radius 1 is 1.45 bits per heavy atom. The number of amides is 1. The van der Waals surface area contributed by atoms with E-state index in [1.807, 2.05) is 19.1 Å². The highest BCUT2D eigenvalue weighted by Gasteiger charge is 2.37. The predicted octanol–water partition coefficient (Wildman–Crippen LogP) is 2.59. The summed E-state index contributed by atoms with van der Waals surface area (Å²) in [5.74, 6) is 0.0450. The van der Waals surface area contributed by atoms with Crippen LogP contribution in [-0.4, -0.2) is 19.0 Å². The first-order valence-electron chi connectivity index (χ1n) is 7.15. The van der Waals surface area contributed by atoms with Gasteiger partial charge in [0.15, 0.2) is 0 Å². The summed E-state index contributed by atoms with van der Waals surface area (Å²) >= 11 is 0. The van der Waals surface area contributed by atoms with Gasteiger partial charge in [-0.3, -0.25) is 4.79 Å². The maximum Gasteiger partial charge on any atom is 0.230 e. The van der Waals surface area contributed by atoms with E-state index in [9.17, 15) is 10.1 Å². The molecule has 4 heteroatoms. The molecule has 1 aliphatic heterocycles. The quantitative estimate of drug-likeness (QED) is 0.888. The van der Waals surface area contributed by atoms with Gasteiger partial charge in [-0.25, -0.2) is 0 Å². The van der Waals surface area contributed by atoms with Gasteiger partial charge in [0.25, 0.3) is 0 Å². The van der Waals surface area contributed by atoms with Crippen LogP contribution in [0.3, 0.4) is 0 Å². The maximum atomic E-state index is 12.7. The van der Waals surface area contributed by atoms with Crippen LogP contribution in [0.5, 0.6) is 0 Å². The summed E-state index contributed by atoms with van der Waals surface area (Å²) in [7, 11) is 0. The fourth-order valence-electron chi connectivity index (χ4n) is 2.82. The third kappa shape index (κ3) is 2.68. The number of hydrogen-bond acceptors (Lipinski definition) is 3. The summed E-state index contributed by atoms with van der Waals surface area (Å²) < 4.78 is 0. The van der Waals surface area contributed by atoms with Gasteiger partial charge in [0, 0.05) is 0 Å². The average molecular weight is 271 g/mol. The zero-order chi connectivity index (χ0) is 14.6. The molecule has 0 saturated carbocycles. The highest BCUT2D eigenvalue weighted by atomic mass is 16.2. The Hall–Kier alpha value is -1.86. The van der Waals surface area contributed by atoms with E-state index in [2.05, 4.69) is 23.6 Å². The molecule has 0 spiro atoms. The van der Waals surface area contributed by atoms with E-state index in [-0.39, 0.29) is 11.3 Å². The van der Waals surface area contributed by atoms with Gasteiger partial charge >= 0.3 is 0 Å². The SMILES string of the molecule is CCC1(C(=O)Nc2cccc(C)c2C#N)CCNCC1. The van der Waals surface area contributed by atoms with Gasteiger partial charge in [-0.2, -0.15) is 5.26 Å². The van der Waals surface area contributed by atoms with E-state index in [0.717, 1.165) is 37.9 Å². The number of hydrogen-bond donors (Lipinski definition) is 2. The zero-order valence-electron chi connectivity index (χ0n) is 12.1. The molecule has 1 aromatic carbocycles. The van der Waals surface area contributed by atoms with Crippen molar-refractivity contribution in [3.8, 4) is 6.07 Å². The molecule has 20 heavy (non-hydrogen) atoms. The van der Waals surface area contributed by atoms with E-state index in [1.54, 1.807) is 6.07 Å². The second-order valence-corrected chi connectivity index (χ2v) is 5.45. The highest BCUT2D eigenvalue weighted by molar-refractivity contribution is 5.96. The standard InChI is InChI=1S/C16H21N3O/c1-3-16(7-9-18-10-8-16)15(20)19-14-6-4-5-12(2)13(14)11-17/h4-6,18H,3,7-10H2,1-2H3,(H,19,20). The summed E-state index contributed by atoms with van der Waals surface area (Å²) in [6, 6.07) is 7.73. The minimum absolute atomic E-state index is 0.0450. The van der Waals surface area contributed by atoms with E-state index in [0.29, 0.717) is 11.3 Å². The molecule has 4 nitrogen and oxygen atoms in total. The molecule has 1 heterocycles. The van der Waals surface area contributed by atoms with E-state index in [4.69, 9.17) is 0 Å². The number of anilines is 1. The van der Waals surface area contributed by atoms with Crippen molar-refractivity contribution in [3.63, 3.8) is 0 Å². The van der Waals surface area contributed by atoms with Gasteiger partial charge in [-0.15, -0.1) is 0 Å². The van der Waals surface area contributed by atoms with Crippen LogP contribution in [-0.2, 0) is 4.79 Å². The van der Waals surface area contributed by atoms with Crippen LogP contribution in [0.4, 0.5) is 5.69 Å². The Bertz CT molecular complexity index is 539. The minimum Gasteiger partial charge on any atom is -0.324 e. The molecule has 2 N–H and O–H groups in total. The molecule has 1 aromatic rings. The summed E-state index contributed by atoms with van der Waals surface area (Å²) in [6.45, 7) is 5.70. The summed E-state index contributed by atoms with van der Waals surface area (Å²) in [6.07, 6.45) is 2.53. The Morgan fingerprint density at radius 2 is 2.15 bits per heavy atom. The van der Waals surface area contributed by atoms with E-state index in [1.165, 1.54) is 0 Å². The van der Waals surface area contributed by atoms with Crippen molar-refractivity contribution in [2.24, 2.45) is 5.41 Å². The number of nitriles is 1. The molecule has 0 radical (unpaired) electrons. The van der Waals surface area contributed by atoms with E-state index < -0.39 is 0 Å². The summed E-state index contributed by atoms with van der Waals surface area (Å²) in [5, 5.41) is 15.5. The lowest BCUT2D eigenvalue weighted by atomic mass is 9.76. The van der Waals surface area contributed by atoms with Crippen LogP contribution in [0.2, 0.25) is 0 Å². The number of carbonyl (C=O) groups is 1. The summed E-state index contributed by atoms with van der Waals surface area (Å²) in [5.41, 5.74) is 1.77. The van der Waals surface area contributed by atoms with Gasteiger partial charge in [-0.1, -0.05) is 19.1 Å². The van der Waals surface area contributed by atoms with Crippen molar-refractivity contribution in [3.05, 3.63) is 29.3 Å². The van der Waals surface area contributed by atoms with Crippen LogP contribution >= 0.6 is 0 Å². The van der Waals surface area contributed by atoms with Crippen LogP contribution in [0.15, 0.2) is 18.2 Å². The molecule has 0 aliphatic carbocycles. The molecule has 1 saturated heterocycles. The molecule has 0 aromatic heterocycles. The lowest BCUT2D eigenvalue weighted by molar-refractivity contribution is -0.127. The molecule has 0 bridgehead atoms. The topological polar surface area (TPSA) is 64.9 Å². The first-order valence-corrected chi connectivity index (χ1v) is 7.15. The normalized spacial score (nSPS) is 17.2. The smallest absolute Gasteiger partial charge is 0.230 e. The second-order valence-electron chi connectivity index (χ2n) is 5.45. The Labute approximate surface area is 120 Å². The fraction of sp³-hybridized carbons (Fsp3) is 0.500. The Morgan fingerprint density at radius 3 is 2.75 bits per heavy atom. The van der Waals surface area contributed by atoms with Gasteiger partial charge in [0.05, 0.1) is 16.7 Å². The van der Waals surface area contributed by atoms with Crippen molar-refractivity contribution in [1.82, 2.24) is 5.32 Å². The lowest BCUT2D eigenvalue weighted by Crippen LogP contribution is -2.44. The molecule has 2 rings (SSSR count). The number of nitrogens with one attached hydrogen (secondary N) is 2. The molecule has 106 valence electrons. The largest absolute Gasteiger partial charge is 0.324 e. The predicted molar refractivity (Wildman–Crippen MR) is 79.4 cm³/mol. The van der Waals surface area contributed by atoms with Crippen LogP contribution in [0.25, 0.3) is 0 Å². The lowest BCUT2D eigenvalue weighted by Gasteiger charge is -2.35. The summed E-state index contributed by atoms with van der Waals surface area (Å²) in [4.78, 5) is 12.7. The zero-order valence-corrected chi connectivity index (χ0v) is 12.1. The number of rotatable bonds is 3. The number of piperidine rings is 1. The van der Waals surface area contributed by atoms with Gasteiger partial charge < -0.3 is 10.6 Å². The molecule has 1 fully saturated rings. The Balaban J connectivity index is 2.23. The number of aryl methyl sites for hydroxylation is 1. The number of nitrogens with zero attached hydrogens (tertiary/aromatic N) is 1. The van der Waals surface area contributed by atoms with Crippen molar-refractivity contribution in [2.45, 2.75) is 33.1 Å². The van der Waals surface area contributed by atoms with Crippen LogP contribution in [0, 0.1) is 23.7 Å². The van der Waals surface area contributed by atoms with Crippen LogP contribution < -0.4 is 10.6 Å². The van der Waals surface area contributed by atoms with Crippen LogP contribution in [0.1, 0.15) is 37.3 Å². The van der Waals surface area contributed by atoms with Crippen molar-refractivity contribution < 1.29 is 4.79 Å². The molecule has 1 aliphatic rings. The molecule has 1 amide bonds. The average Bonchev–Trinajstić information content (AvgIpc) is 2.48. The highest BCUT2D eigenvalue weighted by Crippen LogP contribution is 2.34.